The second-order valence-corrected chi connectivity index (χ2v) is 7.69. The van der Waals surface area contributed by atoms with E-state index in [1.165, 1.54) is 18.4 Å². The SMILES string of the molecule is O=C(Nc1ccccc1Cc1ccccc1)[C@H]1CC(=O)N(C2CCCC2)C1. The van der Waals surface area contributed by atoms with Crippen LogP contribution in [-0.2, 0) is 16.0 Å². The van der Waals surface area contributed by atoms with Crippen LogP contribution < -0.4 is 5.32 Å². The van der Waals surface area contributed by atoms with Gasteiger partial charge < -0.3 is 10.2 Å². The Bertz CT molecular complexity index is 812. The zero-order valence-electron chi connectivity index (χ0n) is 15.6. The molecule has 1 saturated heterocycles. The standard InChI is InChI=1S/C23H26N2O2/c26-22-15-19(16-25(22)20-11-5-6-12-20)23(27)24-21-13-7-4-10-18(21)14-17-8-2-1-3-9-17/h1-4,7-10,13,19-20H,5-6,11-12,14-16H2,(H,24,27)/t19-/m0/s1. The second kappa shape index (κ2) is 7.95. The molecule has 0 aromatic heterocycles. The van der Waals surface area contributed by atoms with Gasteiger partial charge in [-0.15, -0.1) is 0 Å². The van der Waals surface area contributed by atoms with E-state index >= 15 is 0 Å². The van der Waals surface area contributed by atoms with Crippen molar-refractivity contribution in [2.45, 2.75) is 44.6 Å². The molecule has 1 N–H and O–H groups in total. The number of benzene rings is 2. The average molecular weight is 362 g/mol. The summed E-state index contributed by atoms with van der Waals surface area (Å²) in [5, 5.41) is 3.09. The van der Waals surface area contributed by atoms with Crippen LogP contribution in [0.25, 0.3) is 0 Å². The molecule has 27 heavy (non-hydrogen) atoms. The van der Waals surface area contributed by atoms with Crippen LogP contribution in [0.15, 0.2) is 54.6 Å². The van der Waals surface area contributed by atoms with Crippen molar-refractivity contribution in [2.24, 2.45) is 5.92 Å². The molecule has 140 valence electrons. The third-order valence-electron chi connectivity index (χ3n) is 5.81. The highest BCUT2D eigenvalue weighted by Gasteiger charge is 2.38. The van der Waals surface area contributed by atoms with Crippen LogP contribution >= 0.6 is 0 Å². The molecule has 0 unspecified atom stereocenters. The summed E-state index contributed by atoms with van der Waals surface area (Å²) >= 11 is 0. The first-order valence-corrected chi connectivity index (χ1v) is 9.93. The summed E-state index contributed by atoms with van der Waals surface area (Å²) in [7, 11) is 0. The summed E-state index contributed by atoms with van der Waals surface area (Å²) < 4.78 is 0. The Morgan fingerprint density at radius 2 is 1.70 bits per heavy atom. The van der Waals surface area contributed by atoms with E-state index in [-0.39, 0.29) is 17.7 Å². The molecule has 4 rings (SSSR count). The lowest BCUT2D eigenvalue weighted by Gasteiger charge is -2.24. The molecule has 1 aliphatic heterocycles. The van der Waals surface area contributed by atoms with Crippen LogP contribution in [-0.4, -0.2) is 29.3 Å². The number of rotatable bonds is 5. The molecule has 2 aromatic rings. The lowest BCUT2D eigenvalue weighted by molar-refractivity contribution is -0.129. The van der Waals surface area contributed by atoms with E-state index in [1.54, 1.807) is 0 Å². The maximum atomic E-state index is 12.8. The Kier molecular flexibility index (Phi) is 5.23. The van der Waals surface area contributed by atoms with Gasteiger partial charge >= 0.3 is 0 Å². The number of hydrogen-bond acceptors (Lipinski definition) is 2. The van der Waals surface area contributed by atoms with Crippen molar-refractivity contribution in [1.29, 1.82) is 0 Å². The minimum Gasteiger partial charge on any atom is -0.339 e. The third kappa shape index (κ3) is 4.05. The first kappa shape index (κ1) is 17.8. The molecule has 2 fully saturated rings. The monoisotopic (exact) mass is 362 g/mol. The van der Waals surface area contributed by atoms with Crippen LogP contribution in [0.4, 0.5) is 5.69 Å². The quantitative estimate of drug-likeness (QED) is 0.874. The van der Waals surface area contributed by atoms with Crippen LogP contribution in [0.5, 0.6) is 0 Å². The van der Waals surface area contributed by atoms with Gasteiger partial charge in [-0.05, 0) is 36.5 Å². The number of para-hydroxylation sites is 1. The number of carbonyl (C=O) groups excluding carboxylic acids is 2. The smallest absolute Gasteiger partial charge is 0.229 e. The Balaban J connectivity index is 1.43. The zero-order chi connectivity index (χ0) is 18.6. The van der Waals surface area contributed by atoms with E-state index in [0.29, 0.717) is 19.0 Å². The zero-order valence-corrected chi connectivity index (χ0v) is 15.6. The van der Waals surface area contributed by atoms with Gasteiger partial charge in [-0.1, -0.05) is 61.4 Å². The molecule has 1 aliphatic carbocycles. The van der Waals surface area contributed by atoms with Crippen LogP contribution in [0.1, 0.15) is 43.2 Å². The summed E-state index contributed by atoms with van der Waals surface area (Å²) in [5.74, 6) is -0.146. The number of amides is 2. The van der Waals surface area contributed by atoms with Crippen molar-refractivity contribution in [3.63, 3.8) is 0 Å². The molecule has 0 spiro atoms. The number of hydrogen-bond donors (Lipinski definition) is 1. The lowest BCUT2D eigenvalue weighted by atomic mass is 10.0. The first-order chi connectivity index (χ1) is 13.2. The second-order valence-electron chi connectivity index (χ2n) is 7.69. The Morgan fingerprint density at radius 1 is 1.00 bits per heavy atom. The molecule has 1 atom stereocenters. The molecule has 2 aromatic carbocycles. The highest BCUT2D eigenvalue weighted by atomic mass is 16.2. The van der Waals surface area contributed by atoms with Crippen molar-refractivity contribution >= 4 is 17.5 Å². The molecule has 2 amide bonds. The van der Waals surface area contributed by atoms with Crippen molar-refractivity contribution < 1.29 is 9.59 Å². The predicted octanol–water partition coefficient (Wildman–Crippen LogP) is 4.01. The van der Waals surface area contributed by atoms with E-state index in [9.17, 15) is 9.59 Å². The fraction of sp³-hybridized carbons (Fsp3) is 0.391. The highest BCUT2D eigenvalue weighted by Crippen LogP contribution is 2.30. The van der Waals surface area contributed by atoms with Crippen molar-refractivity contribution in [2.75, 3.05) is 11.9 Å². The van der Waals surface area contributed by atoms with Crippen molar-refractivity contribution in [3.05, 3.63) is 65.7 Å². The molecule has 4 nitrogen and oxygen atoms in total. The number of nitrogens with one attached hydrogen (secondary N) is 1. The molecule has 0 radical (unpaired) electrons. The van der Waals surface area contributed by atoms with Gasteiger partial charge in [-0.25, -0.2) is 0 Å². The van der Waals surface area contributed by atoms with E-state index in [4.69, 9.17) is 0 Å². The fourth-order valence-electron chi connectivity index (χ4n) is 4.32. The summed E-state index contributed by atoms with van der Waals surface area (Å²) in [6.45, 7) is 0.566. The van der Waals surface area contributed by atoms with Crippen LogP contribution in [0.2, 0.25) is 0 Å². The van der Waals surface area contributed by atoms with Crippen molar-refractivity contribution in [3.8, 4) is 0 Å². The molecule has 2 aliphatic rings. The van der Waals surface area contributed by atoms with E-state index in [0.717, 1.165) is 30.5 Å². The van der Waals surface area contributed by atoms with Gasteiger partial charge in [0, 0.05) is 24.7 Å². The van der Waals surface area contributed by atoms with Crippen LogP contribution in [0.3, 0.4) is 0 Å². The van der Waals surface area contributed by atoms with Gasteiger partial charge in [0.2, 0.25) is 11.8 Å². The van der Waals surface area contributed by atoms with Gasteiger partial charge in [-0.2, -0.15) is 0 Å². The number of nitrogens with zero attached hydrogens (tertiary/aromatic N) is 1. The average Bonchev–Trinajstić information content (AvgIpc) is 3.33. The molecule has 1 saturated carbocycles. The Hall–Kier alpha value is -2.62. The van der Waals surface area contributed by atoms with Gasteiger partial charge in [0.05, 0.1) is 5.92 Å². The summed E-state index contributed by atoms with van der Waals surface area (Å²) in [5.41, 5.74) is 3.15. The Labute approximate surface area is 160 Å². The Morgan fingerprint density at radius 3 is 2.48 bits per heavy atom. The lowest BCUT2D eigenvalue weighted by Crippen LogP contribution is -2.35. The van der Waals surface area contributed by atoms with E-state index in [1.807, 2.05) is 47.4 Å². The minimum atomic E-state index is -0.247. The summed E-state index contributed by atoms with van der Waals surface area (Å²) in [6, 6.07) is 18.5. The van der Waals surface area contributed by atoms with Crippen LogP contribution in [0, 0.1) is 5.92 Å². The molecular formula is C23H26N2O2. The minimum absolute atomic E-state index is 0.0376. The maximum Gasteiger partial charge on any atom is 0.229 e. The van der Waals surface area contributed by atoms with Crippen molar-refractivity contribution in [1.82, 2.24) is 4.90 Å². The summed E-state index contributed by atoms with van der Waals surface area (Å²) in [6.07, 6.45) is 5.66. The number of likely N-dealkylation sites (tertiary alicyclic amines) is 1. The molecule has 4 heteroatoms. The van der Waals surface area contributed by atoms with Gasteiger partial charge in [0.1, 0.15) is 0 Å². The van der Waals surface area contributed by atoms with E-state index < -0.39 is 0 Å². The fourth-order valence-corrected chi connectivity index (χ4v) is 4.32. The highest BCUT2D eigenvalue weighted by molar-refractivity contribution is 5.97. The maximum absolute atomic E-state index is 12.8. The molecular weight excluding hydrogens is 336 g/mol. The predicted molar refractivity (Wildman–Crippen MR) is 106 cm³/mol. The third-order valence-corrected chi connectivity index (χ3v) is 5.81. The topological polar surface area (TPSA) is 49.4 Å². The molecule has 1 heterocycles. The van der Waals surface area contributed by atoms with Gasteiger partial charge in [-0.3, -0.25) is 9.59 Å². The normalized spacial score (nSPS) is 20.2. The first-order valence-electron chi connectivity index (χ1n) is 9.93. The number of anilines is 1. The van der Waals surface area contributed by atoms with E-state index in [2.05, 4.69) is 17.4 Å². The summed E-state index contributed by atoms with van der Waals surface area (Å²) in [4.78, 5) is 27.2. The molecule has 0 bridgehead atoms. The number of carbonyl (C=O) groups is 2. The van der Waals surface area contributed by atoms with Gasteiger partial charge in [0.25, 0.3) is 0 Å². The van der Waals surface area contributed by atoms with Gasteiger partial charge in [0.15, 0.2) is 0 Å². The largest absolute Gasteiger partial charge is 0.339 e.